The van der Waals surface area contributed by atoms with Crippen molar-refractivity contribution in [3.05, 3.63) is 0 Å². The predicted octanol–water partition coefficient (Wildman–Crippen LogP) is -0.0733. The van der Waals surface area contributed by atoms with E-state index in [-0.39, 0.29) is 18.3 Å². The second-order valence-electron chi connectivity index (χ2n) is 3.10. The van der Waals surface area contributed by atoms with Crippen molar-refractivity contribution in [1.82, 2.24) is 0 Å². The van der Waals surface area contributed by atoms with E-state index < -0.39 is 0 Å². The van der Waals surface area contributed by atoms with E-state index in [1.165, 1.54) is 0 Å². The Morgan fingerprint density at radius 1 is 1.60 bits per heavy atom. The van der Waals surface area contributed by atoms with Crippen molar-refractivity contribution in [1.29, 1.82) is 0 Å². The molecule has 0 aromatic rings. The number of hydrogen-bond acceptors (Lipinski definition) is 3. The lowest BCUT2D eigenvalue weighted by atomic mass is 9.94. The van der Waals surface area contributed by atoms with Gasteiger partial charge in [0.25, 0.3) is 0 Å². The lowest BCUT2D eigenvalue weighted by Crippen LogP contribution is -2.37. The first-order valence-corrected chi connectivity index (χ1v) is 3.71. The Balaban J connectivity index is 2.10. The topological polar surface area (TPSA) is 38.7 Å². The minimum Gasteiger partial charge on any atom is -0.393 e. The van der Waals surface area contributed by atoms with Crippen LogP contribution in [0.2, 0.25) is 0 Å². The van der Waals surface area contributed by atoms with Gasteiger partial charge in [-0.15, -0.1) is 0 Å². The standard InChI is InChI=1S/C7H12O3/c8-5-7-1-2-9-6(3-7)4-10-7/h6,8H,1-5H2. The summed E-state index contributed by atoms with van der Waals surface area (Å²) in [5.74, 6) is 0. The predicted molar refractivity (Wildman–Crippen MR) is 34.7 cm³/mol. The largest absolute Gasteiger partial charge is 0.393 e. The maximum absolute atomic E-state index is 8.99. The highest BCUT2D eigenvalue weighted by Gasteiger charge is 2.43. The van der Waals surface area contributed by atoms with Gasteiger partial charge in [0.2, 0.25) is 0 Å². The van der Waals surface area contributed by atoms with E-state index in [0.717, 1.165) is 19.4 Å². The Kier molecular flexibility index (Phi) is 1.44. The first kappa shape index (κ1) is 6.58. The van der Waals surface area contributed by atoms with E-state index in [0.29, 0.717) is 6.61 Å². The molecule has 0 radical (unpaired) electrons. The summed E-state index contributed by atoms with van der Waals surface area (Å²) >= 11 is 0. The van der Waals surface area contributed by atoms with Gasteiger partial charge in [-0.2, -0.15) is 0 Å². The summed E-state index contributed by atoms with van der Waals surface area (Å²) in [5.41, 5.74) is -0.233. The third kappa shape index (κ3) is 0.856. The lowest BCUT2D eigenvalue weighted by Gasteiger charge is -2.28. The van der Waals surface area contributed by atoms with Crippen molar-refractivity contribution in [3.8, 4) is 0 Å². The van der Waals surface area contributed by atoms with Crippen LogP contribution >= 0.6 is 0 Å². The summed E-state index contributed by atoms with van der Waals surface area (Å²) in [5, 5.41) is 8.99. The van der Waals surface area contributed by atoms with Crippen LogP contribution in [0.15, 0.2) is 0 Å². The van der Waals surface area contributed by atoms with Crippen LogP contribution in [0.4, 0.5) is 0 Å². The summed E-state index contributed by atoms with van der Waals surface area (Å²) in [7, 11) is 0. The number of rotatable bonds is 1. The second kappa shape index (κ2) is 2.19. The number of aliphatic hydroxyl groups is 1. The number of ether oxygens (including phenoxy) is 2. The molecule has 2 atom stereocenters. The summed E-state index contributed by atoms with van der Waals surface area (Å²) in [4.78, 5) is 0. The maximum Gasteiger partial charge on any atom is 0.0960 e. The number of fused-ring (bicyclic) bond motifs is 2. The molecule has 0 saturated carbocycles. The Labute approximate surface area is 59.9 Å². The highest BCUT2D eigenvalue weighted by atomic mass is 16.6. The molecule has 2 saturated heterocycles. The molecule has 10 heavy (non-hydrogen) atoms. The van der Waals surface area contributed by atoms with E-state index in [9.17, 15) is 0 Å². The molecule has 2 fully saturated rings. The molecular weight excluding hydrogens is 132 g/mol. The van der Waals surface area contributed by atoms with Crippen LogP contribution in [0.25, 0.3) is 0 Å². The van der Waals surface area contributed by atoms with Gasteiger partial charge in [0, 0.05) is 19.4 Å². The highest BCUT2D eigenvalue weighted by molar-refractivity contribution is 4.92. The highest BCUT2D eigenvalue weighted by Crippen LogP contribution is 2.34. The monoisotopic (exact) mass is 144 g/mol. The summed E-state index contributed by atoms with van der Waals surface area (Å²) < 4.78 is 10.8. The van der Waals surface area contributed by atoms with Crippen molar-refractivity contribution in [2.24, 2.45) is 0 Å². The smallest absolute Gasteiger partial charge is 0.0960 e. The van der Waals surface area contributed by atoms with Crippen LogP contribution in [0.3, 0.4) is 0 Å². The summed E-state index contributed by atoms with van der Waals surface area (Å²) in [6, 6.07) is 0. The van der Waals surface area contributed by atoms with Crippen LogP contribution in [0, 0.1) is 0 Å². The van der Waals surface area contributed by atoms with E-state index in [1.807, 2.05) is 0 Å². The van der Waals surface area contributed by atoms with Gasteiger partial charge in [-0.3, -0.25) is 0 Å². The molecule has 3 nitrogen and oxygen atoms in total. The second-order valence-corrected chi connectivity index (χ2v) is 3.10. The SMILES string of the molecule is OCC12CCOC(CO1)C2. The first-order valence-electron chi connectivity index (χ1n) is 3.71. The van der Waals surface area contributed by atoms with Gasteiger partial charge in [-0.05, 0) is 0 Å². The molecule has 3 heteroatoms. The van der Waals surface area contributed by atoms with E-state index in [4.69, 9.17) is 14.6 Å². The van der Waals surface area contributed by atoms with E-state index >= 15 is 0 Å². The quantitative estimate of drug-likeness (QED) is 0.559. The van der Waals surface area contributed by atoms with Crippen LogP contribution in [-0.2, 0) is 9.47 Å². The molecule has 0 amide bonds. The molecule has 2 aliphatic heterocycles. The Morgan fingerprint density at radius 2 is 2.50 bits per heavy atom. The fourth-order valence-electron chi connectivity index (χ4n) is 1.68. The number of hydrogen-bond donors (Lipinski definition) is 1. The molecule has 2 aliphatic rings. The first-order chi connectivity index (χ1) is 4.85. The zero-order valence-electron chi connectivity index (χ0n) is 5.88. The third-order valence-electron chi connectivity index (χ3n) is 2.37. The molecule has 0 aromatic heterocycles. The lowest BCUT2D eigenvalue weighted by molar-refractivity contribution is -0.0585. The third-order valence-corrected chi connectivity index (χ3v) is 2.37. The molecule has 2 heterocycles. The van der Waals surface area contributed by atoms with Crippen LogP contribution in [-0.4, -0.2) is 36.6 Å². The molecule has 2 rings (SSSR count). The van der Waals surface area contributed by atoms with Gasteiger partial charge in [-0.25, -0.2) is 0 Å². The average Bonchev–Trinajstić information content (AvgIpc) is 2.29. The summed E-state index contributed by atoms with van der Waals surface area (Å²) in [6.45, 7) is 1.55. The molecule has 58 valence electrons. The Bertz CT molecular complexity index is 133. The average molecular weight is 144 g/mol. The fourth-order valence-corrected chi connectivity index (χ4v) is 1.68. The van der Waals surface area contributed by atoms with Crippen molar-refractivity contribution in [2.75, 3.05) is 19.8 Å². The van der Waals surface area contributed by atoms with Gasteiger partial charge < -0.3 is 14.6 Å². The molecular formula is C7H12O3. The van der Waals surface area contributed by atoms with Gasteiger partial charge in [0.05, 0.1) is 24.9 Å². The molecule has 0 aliphatic carbocycles. The maximum atomic E-state index is 8.99. The van der Waals surface area contributed by atoms with Crippen LogP contribution < -0.4 is 0 Å². The van der Waals surface area contributed by atoms with Crippen LogP contribution in [0.5, 0.6) is 0 Å². The van der Waals surface area contributed by atoms with Gasteiger partial charge in [-0.1, -0.05) is 0 Å². The molecule has 0 spiro atoms. The van der Waals surface area contributed by atoms with Crippen molar-refractivity contribution in [2.45, 2.75) is 24.5 Å². The van der Waals surface area contributed by atoms with E-state index in [1.54, 1.807) is 0 Å². The van der Waals surface area contributed by atoms with Crippen molar-refractivity contribution < 1.29 is 14.6 Å². The zero-order valence-corrected chi connectivity index (χ0v) is 5.88. The minimum absolute atomic E-state index is 0.146. The summed E-state index contributed by atoms with van der Waals surface area (Å²) in [6.07, 6.45) is 1.98. The van der Waals surface area contributed by atoms with Gasteiger partial charge >= 0.3 is 0 Å². The fraction of sp³-hybridized carbons (Fsp3) is 1.00. The van der Waals surface area contributed by atoms with Crippen molar-refractivity contribution in [3.63, 3.8) is 0 Å². The van der Waals surface area contributed by atoms with Crippen LogP contribution in [0.1, 0.15) is 12.8 Å². The minimum atomic E-state index is -0.233. The molecule has 2 unspecified atom stereocenters. The zero-order chi connectivity index (χ0) is 7.03. The van der Waals surface area contributed by atoms with Crippen molar-refractivity contribution >= 4 is 0 Å². The van der Waals surface area contributed by atoms with E-state index in [2.05, 4.69) is 0 Å². The molecule has 2 bridgehead atoms. The molecule has 0 aromatic carbocycles. The van der Waals surface area contributed by atoms with Gasteiger partial charge in [0.1, 0.15) is 0 Å². The molecule has 1 N–H and O–H groups in total. The Hall–Kier alpha value is -0.120. The Morgan fingerprint density at radius 3 is 3.20 bits per heavy atom. The normalized spacial score (nSPS) is 45.9. The van der Waals surface area contributed by atoms with Gasteiger partial charge in [0.15, 0.2) is 0 Å². The number of aliphatic hydroxyl groups excluding tert-OH is 1.